The van der Waals surface area contributed by atoms with Crippen molar-refractivity contribution >= 4 is 78.0 Å². The van der Waals surface area contributed by atoms with Gasteiger partial charge < -0.3 is 9.80 Å². The van der Waals surface area contributed by atoms with E-state index in [1.165, 1.54) is 87.7 Å². The molecular formula is C52H61BN2S. The molecule has 288 valence electrons. The van der Waals surface area contributed by atoms with Gasteiger partial charge in [0.15, 0.2) is 0 Å². The van der Waals surface area contributed by atoms with Crippen LogP contribution in [-0.4, -0.2) is 6.71 Å². The Morgan fingerprint density at radius 3 is 1.32 bits per heavy atom. The summed E-state index contributed by atoms with van der Waals surface area (Å²) in [6.45, 7) is 35.0. The molecule has 4 heteroatoms. The van der Waals surface area contributed by atoms with Crippen molar-refractivity contribution in [1.29, 1.82) is 0 Å². The third kappa shape index (κ3) is 6.41. The first-order valence-corrected chi connectivity index (χ1v) is 21.5. The fourth-order valence-electron chi connectivity index (χ4n) is 8.61. The van der Waals surface area contributed by atoms with Crippen molar-refractivity contribution in [1.82, 2.24) is 0 Å². The average Bonchev–Trinajstić information content (AvgIpc) is 3.48. The summed E-state index contributed by atoms with van der Waals surface area (Å²) in [4.78, 5) is 5.22. The Bertz CT molecular complexity index is 2480. The van der Waals surface area contributed by atoms with Crippen LogP contribution >= 0.6 is 11.3 Å². The number of hydrogen-bond donors (Lipinski definition) is 0. The second-order valence-corrected chi connectivity index (χ2v) is 22.8. The first-order valence-electron chi connectivity index (χ1n) is 20.6. The van der Waals surface area contributed by atoms with E-state index in [0.717, 1.165) is 0 Å². The molecule has 0 spiro atoms. The van der Waals surface area contributed by atoms with Gasteiger partial charge in [-0.2, -0.15) is 0 Å². The highest BCUT2D eigenvalue weighted by molar-refractivity contribution is 7.33. The highest BCUT2D eigenvalue weighted by atomic mass is 32.1. The molecule has 1 aromatic heterocycles. The zero-order valence-electron chi connectivity index (χ0n) is 36.6. The lowest BCUT2D eigenvalue weighted by Gasteiger charge is -2.44. The minimum absolute atomic E-state index is 0.00417. The van der Waals surface area contributed by atoms with Gasteiger partial charge in [0.2, 0.25) is 0 Å². The molecule has 0 saturated carbocycles. The molecule has 2 aliphatic heterocycles. The van der Waals surface area contributed by atoms with E-state index >= 15 is 0 Å². The van der Waals surface area contributed by atoms with Gasteiger partial charge in [-0.15, -0.1) is 11.3 Å². The number of fused-ring (bicyclic) bond motifs is 6. The molecule has 0 atom stereocenters. The maximum atomic E-state index is 2.62. The maximum Gasteiger partial charge on any atom is 0.264 e. The summed E-state index contributed by atoms with van der Waals surface area (Å²) in [5, 5.41) is 1.33. The minimum Gasteiger partial charge on any atom is -0.311 e. The largest absolute Gasteiger partial charge is 0.311 e. The second-order valence-electron chi connectivity index (χ2n) is 21.7. The average molecular weight is 757 g/mol. The van der Waals surface area contributed by atoms with E-state index in [1.54, 1.807) is 0 Å². The topological polar surface area (TPSA) is 6.48 Å². The smallest absolute Gasteiger partial charge is 0.264 e. The molecule has 56 heavy (non-hydrogen) atoms. The third-order valence-corrected chi connectivity index (χ3v) is 13.5. The molecule has 0 radical (unpaired) electrons. The van der Waals surface area contributed by atoms with Crippen molar-refractivity contribution in [2.24, 2.45) is 0 Å². The van der Waals surface area contributed by atoms with E-state index < -0.39 is 0 Å². The molecule has 0 unspecified atom stereocenters. The Hall–Kier alpha value is -4.28. The normalized spacial score (nSPS) is 14.6. The van der Waals surface area contributed by atoms with E-state index in [4.69, 9.17) is 0 Å². The van der Waals surface area contributed by atoms with Crippen molar-refractivity contribution < 1.29 is 0 Å². The molecule has 3 heterocycles. The molecule has 8 rings (SSSR count). The van der Waals surface area contributed by atoms with Crippen LogP contribution in [0.5, 0.6) is 0 Å². The molecule has 0 fully saturated rings. The number of anilines is 6. The fourth-order valence-corrected chi connectivity index (χ4v) is 9.97. The van der Waals surface area contributed by atoms with Crippen LogP contribution in [0.15, 0.2) is 97.1 Å². The Balaban J connectivity index is 1.51. The Morgan fingerprint density at radius 1 is 0.411 bits per heavy atom. The Labute approximate surface area is 342 Å². The molecule has 2 nitrogen and oxygen atoms in total. The molecule has 5 aromatic carbocycles. The van der Waals surface area contributed by atoms with E-state index in [-0.39, 0.29) is 33.8 Å². The number of benzene rings is 5. The molecule has 0 saturated heterocycles. The summed E-state index contributed by atoms with van der Waals surface area (Å²) in [5.41, 5.74) is 17.3. The number of thiophene rings is 1. The molecule has 0 N–H and O–H groups in total. The highest BCUT2D eigenvalue weighted by Crippen LogP contribution is 2.50. The van der Waals surface area contributed by atoms with Gasteiger partial charge in [0.05, 0.1) is 5.69 Å². The first-order chi connectivity index (χ1) is 25.9. The molecule has 6 aromatic rings. The summed E-state index contributed by atoms with van der Waals surface area (Å²) >= 11 is 2.00. The van der Waals surface area contributed by atoms with Crippen molar-refractivity contribution in [2.45, 2.75) is 131 Å². The fraction of sp³-hybridized carbons (Fsp3) is 0.385. The molecule has 2 aliphatic rings. The lowest BCUT2D eigenvalue weighted by atomic mass is 9.36. The van der Waals surface area contributed by atoms with Gasteiger partial charge in [-0.05, 0) is 114 Å². The van der Waals surface area contributed by atoms with Crippen LogP contribution in [0.2, 0.25) is 0 Å². The monoisotopic (exact) mass is 756 g/mol. The van der Waals surface area contributed by atoms with Crippen molar-refractivity contribution in [2.75, 3.05) is 9.80 Å². The van der Waals surface area contributed by atoms with Crippen LogP contribution in [0.25, 0.3) is 10.1 Å². The first kappa shape index (κ1) is 38.6. The Kier molecular flexibility index (Phi) is 8.69. The van der Waals surface area contributed by atoms with E-state index in [1.807, 2.05) is 11.3 Å². The minimum atomic E-state index is -0.0727. The molecule has 0 aliphatic carbocycles. The van der Waals surface area contributed by atoms with E-state index in [0.29, 0.717) is 0 Å². The standard InChI is InChI=1S/C52H61BN2S/c1-48(2,3)32-16-22-37(23-17-32)54-41-28-34(50(7,8)9)21-27-40(41)53-45-42(54)29-36(52(13,14)15)30-43(45)55(38-24-18-33(19-25-38)49(4,5)6)46-39-26-20-35(51(10,11)12)31-44(39)56-47(46)53/h16-31H,1-15H3. The summed E-state index contributed by atoms with van der Waals surface area (Å²) in [6, 6.07) is 38.5. The van der Waals surface area contributed by atoms with Crippen molar-refractivity contribution in [3.8, 4) is 0 Å². The summed E-state index contributed by atoms with van der Waals surface area (Å²) in [5.74, 6) is 0. The zero-order valence-corrected chi connectivity index (χ0v) is 37.4. The summed E-state index contributed by atoms with van der Waals surface area (Å²) < 4.78 is 2.79. The van der Waals surface area contributed by atoms with Gasteiger partial charge in [-0.1, -0.05) is 152 Å². The second kappa shape index (κ2) is 12.6. The van der Waals surface area contributed by atoms with Gasteiger partial charge in [-0.3, -0.25) is 0 Å². The zero-order chi connectivity index (χ0) is 40.5. The summed E-state index contributed by atoms with van der Waals surface area (Å²) in [6.07, 6.45) is 0. The van der Waals surface area contributed by atoms with Gasteiger partial charge >= 0.3 is 0 Å². The highest BCUT2D eigenvalue weighted by Gasteiger charge is 2.46. The van der Waals surface area contributed by atoms with Crippen LogP contribution in [0.1, 0.15) is 132 Å². The van der Waals surface area contributed by atoms with E-state index in [2.05, 4.69) is 211 Å². The number of hydrogen-bond acceptors (Lipinski definition) is 3. The third-order valence-electron chi connectivity index (χ3n) is 12.2. The number of nitrogens with zero attached hydrogens (tertiary/aromatic N) is 2. The predicted octanol–water partition coefficient (Wildman–Crippen LogP) is 13.5. The molecule has 0 bridgehead atoms. The van der Waals surface area contributed by atoms with Gasteiger partial charge in [0.1, 0.15) is 0 Å². The quantitative estimate of drug-likeness (QED) is 0.162. The van der Waals surface area contributed by atoms with E-state index in [9.17, 15) is 0 Å². The molecular weight excluding hydrogens is 695 g/mol. The summed E-state index contributed by atoms with van der Waals surface area (Å²) in [7, 11) is 0. The van der Waals surface area contributed by atoms with Gasteiger partial charge in [0, 0.05) is 43.3 Å². The van der Waals surface area contributed by atoms with Crippen molar-refractivity contribution in [3.63, 3.8) is 0 Å². The van der Waals surface area contributed by atoms with Gasteiger partial charge in [-0.25, -0.2) is 0 Å². The van der Waals surface area contributed by atoms with Crippen LogP contribution in [0, 0.1) is 0 Å². The number of rotatable bonds is 2. The Morgan fingerprint density at radius 2 is 0.821 bits per heavy atom. The van der Waals surface area contributed by atoms with Crippen LogP contribution in [-0.2, 0) is 27.1 Å². The lowest BCUT2D eigenvalue weighted by molar-refractivity contribution is 0.589. The maximum absolute atomic E-state index is 2.62. The molecule has 0 amide bonds. The van der Waals surface area contributed by atoms with Crippen LogP contribution in [0.3, 0.4) is 0 Å². The predicted molar refractivity (Wildman–Crippen MR) is 249 cm³/mol. The van der Waals surface area contributed by atoms with Crippen LogP contribution < -0.4 is 25.5 Å². The SMILES string of the molecule is CC(C)(C)c1ccc(N2c3cc(C(C)(C)C)ccc3B3c4sc5cc(C(C)(C)C)ccc5c4N(c4ccc(C(C)(C)C)cc4)c4cc(C(C)(C)C)cc2c43)cc1. The van der Waals surface area contributed by atoms with Gasteiger partial charge in [0.25, 0.3) is 6.71 Å². The van der Waals surface area contributed by atoms with Crippen molar-refractivity contribution in [3.05, 3.63) is 125 Å². The lowest BCUT2D eigenvalue weighted by Crippen LogP contribution is -2.60. The van der Waals surface area contributed by atoms with Crippen LogP contribution in [0.4, 0.5) is 34.1 Å².